The quantitative estimate of drug-likeness (QED) is 0.616. The first-order chi connectivity index (χ1) is 5.61. The van der Waals surface area contributed by atoms with Crippen molar-refractivity contribution in [1.29, 1.82) is 0 Å². The molecular weight excluding hydrogens is 157 g/mol. The first kappa shape index (κ1) is 8.71. The van der Waals surface area contributed by atoms with Crippen LogP contribution in [-0.2, 0) is 0 Å². The van der Waals surface area contributed by atoms with E-state index in [1.54, 1.807) is 14.1 Å². The van der Waals surface area contributed by atoms with E-state index in [0.717, 1.165) is 0 Å². The second-order valence-electron chi connectivity index (χ2n) is 2.62. The molecule has 1 amide bonds. The topological polar surface area (TPSA) is 20.3 Å². The Hall–Kier alpha value is -1.38. The molecule has 1 aromatic carbocycles. The highest BCUT2D eigenvalue weighted by atomic mass is 19.1. The van der Waals surface area contributed by atoms with Crippen molar-refractivity contribution in [2.24, 2.45) is 0 Å². The van der Waals surface area contributed by atoms with Gasteiger partial charge in [0.15, 0.2) is 0 Å². The monoisotopic (exact) mass is 166 g/mol. The molecule has 2 nitrogen and oxygen atoms in total. The van der Waals surface area contributed by atoms with E-state index in [1.165, 1.54) is 23.1 Å². The average molecular weight is 166 g/mol. The average Bonchev–Trinajstić information content (AvgIpc) is 2.04. The molecule has 3 heteroatoms. The molecule has 0 heterocycles. The van der Waals surface area contributed by atoms with Crippen molar-refractivity contribution in [2.45, 2.75) is 0 Å². The van der Waals surface area contributed by atoms with E-state index in [1.807, 2.05) is 0 Å². The molecule has 0 aliphatic heterocycles. The van der Waals surface area contributed by atoms with E-state index < -0.39 is 5.82 Å². The van der Waals surface area contributed by atoms with Crippen molar-refractivity contribution in [1.82, 2.24) is 4.90 Å². The Labute approximate surface area is 70.6 Å². The van der Waals surface area contributed by atoms with Crippen LogP contribution in [0.3, 0.4) is 0 Å². The zero-order valence-corrected chi connectivity index (χ0v) is 6.97. The number of hydrogen-bond donors (Lipinski definition) is 0. The smallest absolute Gasteiger partial charge is 0.253 e. The van der Waals surface area contributed by atoms with Crippen LogP contribution in [0.2, 0.25) is 0 Å². The van der Waals surface area contributed by atoms with Crippen molar-refractivity contribution >= 4 is 5.91 Å². The van der Waals surface area contributed by atoms with E-state index >= 15 is 0 Å². The molecule has 0 spiro atoms. The van der Waals surface area contributed by atoms with Gasteiger partial charge in [-0.15, -0.1) is 0 Å². The second-order valence-corrected chi connectivity index (χ2v) is 2.62. The summed E-state index contributed by atoms with van der Waals surface area (Å²) in [5.74, 6) is -0.600. The van der Waals surface area contributed by atoms with Gasteiger partial charge in [-0.1, -0.05) is 0 Å². The van der Waals surface area contributed by atoms with Crippen LogP contribution in [0.5, 0.6) is 0 Å². The number of rotatable bonds is 1. The van der Waals surface area contributed by atoms with Crippen LogP contribution >= 0.6 is 0 Å². The maximum absolute atomic E-state index is 12.4. The molecule has 0 saturated carbocycles. The van der Waals surface area contributed by atoms with Gasteiger partial charge in [-0.25, -0.2) is 4.39 Å². The molecule has 0 fully saturated rings. The normalized spacial score (nSPS) is 9.58. The first-order valence-electron chi connectivity index (χ1n) is 3.50. The highest BCUT2D eigenvalue weighted by Gasteiger charge is 2.06. The first-order valence-corrected chi connectivity index (χ1v) is 3.50. The summed E-state index contributed by atoms with van der Waals surface area (Å²) in [6.07, 6.45) is 0. The largest absolute Gasteiger partial charge is 0.345 e. The fourth-order valence-electron chi connectivity index (χ4n) is 0.797. The molecule has 0 aliphatic carbocycles. The van der Waals surface area contributed by atoms with E-state index in [2.05, 4.69) is 6.07 Å². The SMILES string of the molecule is CN(C)C(=O)c1c[c]c(F)cc1. The second kappa shape index (κ2) is 3.34. The number of carbonyl (C=O) groups excluding carboxylic acids is 1. The van der Waals surface area contributed by atoms with E-state index in [0.29, 0.717) is 5.56 Å². The zero-order chi connectivity index (χ0) is 9.14. The Morgan fingerprint density at radius 3 is 2.58 bits per heavy atom. The molecule has 0 unspecified atom stereocenters. The van der Waals surface area contributed by atoms with Gasteiger partial charge in [0.1, 0.15) is 5.82 Å². The predicted molar refractivity (Wildman–Crippen MR) is 43.3 cm³/mol. The molecule has 0 bridgehead atoms. The van der Waals surface area contributed by atoms with Gasteiger partial charge in [-0.3, -0.25) is 4.79 Å². The third kappa shape index (κ3) is 1.81. The van der Waals surface area contributed by atoms with Crippen LogP contribution in [0.15, 0.2) is 18.2 Å². The van der Waals surface area contributed by atoms with Gasteiger partial charge >= 0.3 is 0 Å². The van der Waals surface area contributed by atoms with Gasteiger partial charge in [0.25, 0.3) is 5.91 Å². The number of carbonyl (C=O) groups is 1. The molecule has 12 heavy (non-hydrogen) atoms. The molecule has 1 rings (SSSR count). The fraction of sp³-hybridized carbons (Fsp3) is 0.222. The summed E-state index contributed by atoms with van der Waals surface area (Å²) in [7, 11) is 3.29. The molecule has 0 aliphatic rings. The Morgan fingerprint density at radius 1 is 1.50 bits per heavy atom. The van der Waals surface area contributed by atoms with Gasteiger partial charge in [-0.2, -0.15) is 0 Å². The van der Waals surface area contributed by atoms with Crippen molar-refractivity contribution < 1.29 is 9.18 Å². The van der Waals surface area contributed by atoms with Gasteiger partial charge < -0.3 is 4.90 Å². The number of amides is 1. The summed E-state index contributed by atoms with van der Waals surface area (Å²) in [5.41, 5.74) is 0.446. The van der Waals surface area contributed by atoms with Gasteiger partial charge in [-0.05, 0) is 18.2 Å². The van der Waals surface area contributed by atoms with E-state index in [-0.39, 0.29) is 5.91 Å². The number of nitrogens with zero attached hydrogens (tertiary/aromatic N) is 1. The standard InChI is InChI=1S/C9H9FNO/c1-11(2)9(12)7-3-5-8(10)6-4-7/h3-5H,1-2H3. The predicted octanol–water partition coefficient (Wildman–Crippen LogP) is 1.33. The number of halogens is 1. The lowest BCUT2D eigenvalue weighted by Gasteiger charge is -2.09. The summed E-state index contributed by atoms with van der Waals surface area (Å²) in [6, 6.07) is 6.32. The lowest BCUT2D eigenvalue weighted by atomic mass is 10.2. The fourth-order valence-corrected chi connectivity index (χ4v) is 0.797. The number of benzene rings is 1. The molecule has 1 radical (unpaired) electrons. The van der Waals surface area contributed by atoms with Crippen LogP contribution < -0.4 is 0 Å². The zero-order valence-electron chi connectivity index (χ0n) is 6.97. The number of hydrogen-bond acceptors (Lipinski definition) is 1. The maximum Gasteiger partial charge on any atom is 0.253 e. The minimum absolute atomic E-state index is 0.147. The summed E-state index contributed by atoms with van der Waals surface area (Å²) in [5, 5.41) is 0. The summed E-state index contributed by atoms with van der Waals surface area (Å²) in [4.78, 5) is 12.7. The Morgan fingerprint density at radius 2 is 2.17 bits per heavy atom. The molecule has 0 N–H and O–H groups in total. The van der Waals surface area contributed by atoms with E-state index in [4.69, 9.17) is 0 Å². The minimum Gasteiger partial charge on any atom is -0.345 e. The molecule has 0 aromatic heterocycles. The Bertz CT molecular complexity index is 279. The minimum atomic E-state index is -0.453. The summed E-state index contributed by atoms with van der Waals surface area (Å²) < 4.78 is 12.4. The molecule has 0 saturated heterocycles. The maximum atomic E-state index is 12.4. The van der Waals surface area contributed by atoms with Gasteiger partial charge in [0, 0.05) is 25.7 Å². The van der Waals surface area contributed by atoms with Crippen LogP contribution in [0, 0.1) is 11.9 Å². The summed E-state index contributed by atoms with van der Waals surface area (Å²) >= 11 is 0. The van der Waals surface area contributed by atoms with Crippen molar-refractivity contribution in [3.63, 3.8) is 0 Å². The van der Waals surface area contributed by atoms with Crippen LogP contribution in [0.1, 0.15) is 10.4 Å². The van der Waals surface area contributed by atoms with Crippen molar-refractivity contribution in [2.75, 3.05) is 14.1 Å². The third-order valence-corrected chi connectivity index (χ3v) is 1.43. The molecular formula is C9H9FNO. The van der Waals surface area contributed by atoms with Crippen LogP contribution in [0.4, 0.5) is 4.39 Å². The Balaban J connectivity index is 2.90. The van der Waals surface area contributed by atoms with Gasteiger partial charge in [0.2, 0.25) is 0 Å². The van der Waals surface area contributed by atoms with Crippen molar-refractivity contribution in [3.8, 4) is 0 Å². The lowest BCUT2D eigenvalue weighted by Crippen LogP contribution is -2.21. The Kier molecular flexibility index (Phi) is 2.43. The van der Waals surface area contributed by atoms with E-state index in [9.17, 15) is 9.18 Å². The summed E-state index contributed by atoms with van der Waals surface area (Å²) in [6.45, 7) is 0. The van der Waals surface area contributed by atoms with Crippen molar-refractivity contribution in [3.05, 3.63) is 35.6 Å². The van der Waals surface area contributed by atoms with Crippen LogP contribution in [0.25, 0.3) is 0 Å². The highest BCUT2D eigenvalue weighted by molar-refractivity contribution is 5.93. The molecule has 1 aromatic rings. The molecule has 0 atom stereocenters. The molecule has 63 valence electrons. The van der Waals surface area contributed by atoms with Crippen LogP contribution in [-0.4, -0.2) is 24.9 Å². The highest BCUT2D eigenvalue weighted by Crippen LogP contribution is 2.03. The third-order valence-electron chi connectivity index (χ3n) is 1.43. The van der Waals surface area contributed by atoms with Gasteiger partial charge in [0.05, 0.1) is 0 Å². The lowest BCUT2D eigenvalue weighted by molar-refractivity contribution is 0.0827.